The number of nitrogens with zero attached hydrogens (tertiary/aromatic N) is 3. The van der Waals surface area contributed by atoms with Gasteiger partial charge in [0.2, 0.25) is 11.8 Å². The Morgan fingerprint density at radius 3 is 2.63 bits per heavy atom. The molecule has 8 nitrogen and oxygen atoms in total. The van der Waals surface area contributed by atoms with Crippen molar-refractivity contribution in [2.75, 3.05) is 22.1 Å². The SMILES string of the molecule is Cn1c(SCC(=O)Nc2ccc3nc(SCC(=O)Nc4ccccc4Cl)sc3c2)nc2sc3c(c2c1=O)CCCC3. The van der Waals surface area contributed by atoms with E-state index >= 15 is 0 Å². The first-order valence-electron chi connectivity index (χ1n) is 12.9. The van der Waals surface area contributed by atoms with Crippen molar-refractivity contribution in [3.8, 4) is 0 Å². The van der Waals surface area contributed by atoms with Crippen LogP contribution in [0.1, 0.15) is 23.3 Å². The van der Waals surface area contributed by atoms with Gasteiger partial charge in [-0.2, -0.15) is 0 Å². The number of carbonyl (C=O) groups is 2. The zero-order valence-corrected chi connectivity index (χ0v) is 25.9. The number of amides is 2. The number of rotatable bonds is 8. The Hall–Kier alpha value is -2.90. The molecule has 5 aromatic rings. The molecule has 41 heavy (non-hydrogen) atoms. The van der Waals surface area contributed by atoms with Crippen molar-refractivity contribution in [1.29, 1.82) is 0 Å². The number of hydrogen-bond donors (Lipinski definition) is 2. The Labute approximate surface area is 256 Å². The molecule has 0 fully saturated rings. The third-order valence-electron chi connectivity index (χ3n) is 6.61. The molecule has 0 aliphatic heterocycles. The van der Waals surface area contributed by atoms with Crippen LogP contribution in [0, 0.1) is 0 Å². The fourth-order valence-corrected chi connectivity index (χ4v) is 8.81. The Balaban J connectivity index is 1.07. The number of anilines is 2. The summed E-state index contributed by atoms with van der Waals surface area (Å²) < 4.78 is 3.21. The van der Waals surface area contributed by atoms with Crippen molar-refractivity contribution in [2.45, 2.75) is 35.2 Å². The first-order chi connectivity index (χ1) is 19.9. The van der Waals surface area contributed by atoms with Gasteiger partial charge in [-0.15, -0.1) is 22.7 Å². The van der Waals surface area contributed by atoms with E-state index in [1.807, 2.05) is 18.2 Å². The molecule has 0 atom stereocenters. The second kappa shape index (κ2) is 12.1. The molecule has 6 rings (SSSR count). The van der Waals surface area contributed by atoms with Crippen LogP contribution in [0.4, 0.5) is 11.4 Å². The number of halogens is 1. The van der Waals surface area contributed by atoms with E-state index in [1.54, 1.807) is 47.2 Å². The summed E-state index contributed by atoms with van der Waals surface area (Å²) in [5, 5.41) is 7.51. The number of fused-ring (bicyclic) bond motifs is 4. The van der Waals surface area contributed by atoms with Crippen molar-refractivity contribution >= 4 is 101 Å². The zero-order chi connectivity index (χ0) is 28.5. The van der Waals surface area contributed by atoms with Gasteiger partial charge in [-0.3, -0.25) is 19.0 Å². The lowest BCUT2D eigenvalue weighted by molar-refractivity contribution is -0.114. The van der Waals surface area contributed by atoms with E-state index in [-0.39, 0.29) is 28.9 Å². The molecule has 2 amide bonds. The molecule has 0 saturated heterocycles. The van der Waals surface area contributed by atoms with Gasteiger partial charge in [0.15, 0.2) is 9.50 Å². The summed E-state index contributed by atoms with van der Waals surface area (Å²) in [5.74, 6) is -0.0381. The number of hydrogen-bond acceptors (Lipinski definition) is 9. The van der Waals surface area contributed by atoms with Crippen LogP contribution in [0.5, 0.6) is 0 Å². The third-order valence-corrected chi connectivity index (χ3v) is 11.3. The molecule has 0 bridgehead atoms. The minimum Gasteiger partial charge on any atom is -0.325 e. The average Bonchev–Trinajstić information content (AvgIpc) is 3.55. The normalized spacial score (nSPS) is 12.9. The van der Waals surface area contributed by atoms with Crippen LogP contribution in [-0.4, -0.2) is 37.9 Å². The largest absolute Gasteiger partial charge is 0.325 e. The van der Waals surface area contributed by atoms with Crippen LogP contribution in [0.25, 0.3) is 20.4 Å². The van der Waals surface area contributed by atoms with Crippen molar-refractivity contribution in [1.82, 2.24) is 14.5 Å². The highest BCUT2D eigenvalue weighted by Crippen LogP contribution is 2.35. The zero-order valence-electron chi connectivity index (χ0n) is 21.9. The molecule has 1 aliphatic rings. The maximum absolute atomic E-state index is 13.1. The molecule has 0 spiro atoms. The maximum atomic E-state index is 13.1. The lowest BCUT2D eigenvalue weighted by Crippen LogP contribution is -2.21. The molecule has 0 radical (unpaired) electrons. The van der Waals surface area contributed by atoms with E-state index < -0.39 is 0 Å². The summed E-state index contributed by atoms with van der Waals surface area (Å²) in [6.45, 7) is 0. The summed E-state index contributed by atoms with van der Waals surface area (Å²) in [4.78, 5) is 49.6. The summed E-state index contributed by atoms with van der Waals surface area (Å²) >= 11 is 11.8. The van der Waals surface area contributed by atoms with Crippen LogP contribution in [-0.2, 0) is 29.5 Å². The van der Waals surface area contributed by atoms with Gasteiger partial charge in [-0.25, -0.2) is 9.97 Å². The predicted molar refractivity (Wildman–Crippen MR) is 171 cm³/mol. The summed E-state index contributed by atoms with van der Waals surface area (Å²) in [5.41, 5.74) is 3.15. The van der Waals surface area contributed by atoms with E-state index in [0.29, 0.717) is 21.6 Å². The Morgan fingerprint density at radius 1 is 1.00 bits per heavy atom. The number of benzene rings is 2. The van der Waals surface area contributed by atoms with E-state index in [2.05, 4.69) is 15.6 Å². The third kappa shape index (κ3) is 6.17. The quantitative estimate of drug-likeness (QED) is 0.145. The van der Waals surface area contributed by atoms with Gasteiger partial charge in [0.1, 0.15) is 4.83 Å². The van der Waals surface area contributed by atoms with Gasteiger partial charge in [-0.1, -0.05) is 47.3 Å². The number of para-hydroxylation sites is 1. The molecule has 210 valence electrons. The van der Waals surface area contributed by atoms with Crippen LogP contribution in [0.2, 0.25) is 5.02 Å². The van der Waals surface area contributed by atoms with Crippen molar-refractivity contribution in [2.24, 2.45) is 7.05 Å². The van der Waals surface area contributed by atoms with Gasteiger partial charge in [0.25, 0.3) is 5.56 Å². The fraction of sp³-hybridized carbons (Fsp3) is 0.250. The molecule has 3 heterocycles. The highest BCUT2D eigenvalue weighted by atomic mass is 35.5. The molecule has 13 heteroatoms. The molecule has 1 aliphatic carbocycles. The molecule has 2 aromatic carbocycles. The second-order valence-corrected chi connectivity index (χ2v) is 14.2. The summed E-state index contributed by atoms with van der Waals surface area (Å²) in [6.07, 6.45) is 4.20. The molecule has 2 N–H and O–H groups in total. The topological polar surface area (TPSA) is 106 Å². The Kier molecular flexibility index (Phi) is 8.36. The van der Waals surface area contributed by atoms with Gasteiger partial charge in [-0.05, 0) is 61.6 Å². The summed E-state index contributed by atoms with van der Waals surface area (Å²) in [6, 6.07) is 12.6. The number of aromatic nitrogens is 3. The average molecular weight is 642 g/mol. The number of thiazole rings is 1. The first kappa shape index (κ1) is 28.2. The van der Waals surface area contributed by atoms with E-state index in [1.165, 1.54) is 45.3 Å². The number of thioether (sulfide) groups is 2. The summed E-state index contributed by atoms with van der Waals surface area (Å²) in [7, 11) is 1.72. The Morgan fingerprint density at radius 2 is 1.78 bits per heavy atom. The van der Waals surface area contributed by atoms with Crippen molar-refractivity contribution < 1.29 is 9.59 Å². The van der Waals surface area contributed by atoms with E-state index in [9.17, 15) is 14.4 Å². The minimum absolute atomic E-state index is 0.0389. The van der Waals surface area contributed by atoms with Crippen molar-refractivity contribution in [3.63, 3.8) is 0 Å². The number of nitrogens with one attached hydrogen (secondary N) is 2. The second-order valence-electron chi connectivity index (χ2n) is 9.47. The molecular formula is C28H24ClN5O3S4. The number of aryl methyl sites for hydroxylation is 2. The van der Waals surface area contributed by atoms with E-state index in [4.69, 9.17) is 16.6 Å². The fourth-order valence-electron chi connectivity index (χ4n) is 4.64. The molecular weight excluding hydrogens is 618 g/mol. The van der Waals surface area contributed by atoms with Gasteiger partial charge in [0.05, 0.1) is 37.8 Å². The van der Waals surface area contributed by atoms with Gasteiger partial charge >= 0.3 is 0 Å². The van der Waals surface area contributed by atoms with Gasteiger partial charge < -0.3 is 10.6 Å². The van der Waals surface area contributed by atoms with E-state index in [0.717, 1.165) is 50.5 Å². The standard InChI is InChI=1S/C28H24ClN5O3S4/c1-34-26(37)24-16-6-2-5-9-20(16)40-25(24)33-27(34)38-13-22(35)30-15-10-11-19-21(12-15)41-28(32-19)39-14-23(36)31-18-8-4-3-7-17(18)29/h3-4,7-8,10-12H,2,5-6,9,13-14H2,1H3,(H,30,35)(H,31,36). The Bertz CT molecular complexity index is 1870. The first-order valence-corrected chi connectivity index (χ1v) is 16.9. The predicted octanol–water partition coefficient (Wildman–Crippen LogP) is 6.60. The monoisotopic (exact) mass is 641 g/mol. The molecule has 0 saturated carbocycles. The minimum atomic E-state index is -0.190. The number of thiophene rings is 1. The van der Waals surface area contributed by atoms with Crippen LogP contribution in [0.15, 0.2) is 56.8 Å². The molecule has 3 aromatic heterocycles. The van der Waals surface area contributed by atoms with Crippen LogP contribution < -0.4 is 16.2 Å². The van der Waals surface area contributed by atoms with Gasteiger partial charge in [0, 0.05) is 17.6 Å². The molecule has 0 unspecified atom stereocenters. The lowest BCUT2D eigenvalue weighted by atomic mass is 9.97. The van der Waals surface area contributed by atoms with Crippen LogP contribution in [0.3, 0.4) is 0 Å². The van der Waals surface area contributed by atoms with Crippen molar-refractivity contribution in [3.05, 3.63) is 68.3 Å². The lowest BCUT2D eigenvalue weighted by Gasteiger charge is -2.11. The highest BCUT2D eigenvalue weighted by Gasteiger charge is 2.21. The smallest absolute Gasteiger partial charge is 0.262 e. The highest BCUT2D eigenvalue weighted by molar-refractivity contribution is 8.01. The number of carbonyl (C=O) groups excluding carboxylic acids is 2. The maximum Gasteiger partial charge on any atom is 0.262 e. The van der Waals surface area contributed by atoms with Crippen LogP contribution >= 0.6 is 57.8 Å².